The third-order valence-corrected chi connectivity index (χ3v) is 4.24. The highest BCUT2D eigenvalue weighted by molar-refractivity contribution is 5.98. The van der Waals surface area contributed by atoms with E-state index in [1.807, 2.05) is 0 Å². The predicted octanol–water partition coefficient (Wildman–Crippen LogP) is -1.54. The van der Waals surface area contributed by atoms with Crippen LogP contribution in [-0.4, -0.2) is 52.9 Å². The first-order valence-corrected chi connectivity index (χ1v) is 8.92. The Balaban J connectivity index is 2.07. The monoisotopic (exact) mass is 416 g/mol. The van der Waals surface area contributed by atoms with Crippen molar-refractivity contribution in [3.8, 4) is 11.1 Å². The van der Waals surface area contributed by atoms with E-state index in [1.54, 1.807) is 36.4 Å². The molecule has 0 aromatic heterocycles. The Morgan fingerprint density at radius 3 is 1.90 bits per heavy atom. The summed E-state index contributed by atoms with van der Waals surface area (Å²) in [5, 5.41) is 22.9. The Kier molecular flexibility index (Phi) is 7.98. The SMILES string of the molecule is NC[C@H](N)C(=O)Nc1ccc(-c2ccc(C(=O)N[C@H](C(=O)NO)[C@@H](N)O)cc2)cc1. The maximum Gasteiger partial charge on any atom is 0.270 e. The van der Waals surface area contributed by atoms with Crippen LogP contribution in [0.5, 0.6) is 0 Å². The van der Waals surface area contributed by atoms with Crippen molar-refractivity contribution in [2.45, 2.75) is 18.3 Å². The molecule has 0 fully saturated rings. The highest BCUT2D eigenvalue weighted by Gasteiger charge is 2.26. The molecule has 30 heavy (non-hydrogen) atoms. The van der Waals surface area contributed by atoms with E-state index in [0.29, 0.717) is 5.69 Å². The number of hydrogen-bond donors (Lipinski definition) is 8. The average molecular weight is 416 g/mol. The van der Waals surface area contributed by atoms with E-state index in [0.717, 1.165) is 11.1 Å². The highest BCUT2D eigenvalue weighted by Crippen LogP contribution is 2.22. The zero-order chi connectivity index (χ0) is 22.3. The van der Waals surface area contributed by atoms with Gasteiger partial charge in [0.25, 0.3) is 11.8 Å². The Morgan fingerprint density at radius 1 is 0.900 bits per heavy atom. The van der Waals surface area contributed by atoms with Crippen LogP contribution in [0.4, 0.5) is 5.69 Å². The summed E-state index contributed by atoms with van der Waals surface area (Å²) in [6.07, 6.45) is -1.70. The number of carbonyl (C=O) groups excluding carboxylic acids is 3. The molecule has 11 nitrogen and oxygen atoms in total. The number of amides is 3. The van der Waals surface area contributed by atoms with Crippen LogP contribution in [-0.2, 0) is 9.59 Å². The Bertz CT molecular complexity index is 885. The van der Waals surface area contributed by atoms with E-state index in [1.165, 1.54) is 17.6 Å². The van der Waals surface area contributed by atoms with Crippen molar-refractivity contribution >= 4 is 23.4 Å². The lowest BCUT2D eigenvalue weighted by Gasteiger charge is -2.19. The molecule has 0 spiro atoms. The fourth-order valence-corrected chi connectivity index (χ4v) is 2.50. The number of aliphatic hydroxyl groups excluding tert-OH is 1. The molecule has 0 saturated carbocycles. The van der Waals surface area contributed by atoms with Crippen molar-refractivity contribution in [1.29, 1.82) is 0 Å². The van der Waals surface area contributed by atoms with E-state index in [4.69, 9.17) is 22.4 Å². The van der Waals surface area contributed by atoms with E-state index in [-0.39, 0.29) is 18.0 Å². The molecule has 11 N–H and O–H groups in total. The van der Waals surface area contributed by atoms with Crippen molar-refractivity contribution in [2.24, 2.45) is 17.2 Å². The summed E-state index contributed by atoms with van der Waals surface area (Å²) >= 11 is 0. The molecule has 0 heterocycles. The fourth-order valence-electron chi connectivity index (χ4n) is 2.50. The van der Waals surface area contributed by atoms with Gasteiger partial charge in [-0.15, -0.1) is 0 Å². The van der Waals surface area contributed by atoms with Crippen LogP contribution in [0.2, 0.25) is 0 Å². The van der Waals surface area contributed by atoms with Crippen LogP contribution in [0.1, 0.15) is 10.4 Å². The Labute approximate surface area is 172 Å². The van der Waals surface area contributed by atoms with Gasteiger partial charge in [0, 0.05) is 17.8 Å². The molecule has 3 amide bonds. The third-order valence-electron chi connectivity index (χ3n) is 4.24. The first kappa shape index (κ1) is 22.9. The van der Waals surface area contributed by atoms with Crippen molar-refractivity contribution in [1.82, 2.24) is 10.8 Å². The van der Waals surface area contributed by atoms with Gasteiger partial charge < -0.3 is 32.9 Å². The minimum absolute atomic E-state index is 0.0412. The number of hydrogen-bond acceptors (Lipinski definition) is 8. The van der Waals surface area contributed by atoms with Crippen molar-refractivity contribution in [3.63, 3.8) is 0 Å². The van der Waals surface area contributed by atoms with Gasteiger partial charge in [-0.2, -0.15) is 0 Å². The van der Waals surface area contributed by atoms with Crippen LogP contribution >= 0.6 is 0 Å². The molecule has 160 valence electrons. The smallest absolute Gasteiger partial charge is 0.270 e. The summed E-state index contributed by atoms with van der Waals surface area (Å²) in [4.78, 5) is 35.5. The number of nitrogens with one attached hydrogen (secondary N) is 3. The molecule has 2 aromatic carbocycles. The molecule has 0 saturated heterocycles. The maximum atomic E-state index is 12.3. The highest BCUT2D eigenvalue weighted by atomic mass is 16.5. The summed E-state index contributed by atoms with van der Waals surface area (Å²) in [5.41, 5.74) is 19.9. The zero-order valence-electron chi connectivity index (χ0n) is 15.9. The molecule has 0 unspecified atom stereocenters. The molecule has 2 aromatic rings. The third kappa shape index (κ3) is 5.83. The first-order chi connectivity index (χ1) is 14.3. The van der Waals surface area contributed by atoms with E-state index >= 15 is 0 Å². The van der Waals surface area contributed by atoms with Crippen molar-refractivity contribution in [3.05, 3.63) is 54.1 Å². The van der Waals surface area contributed by atoms with Gasteiger partial charge in [0.1, 0.15) is 12.3 Å². The number of rotatable bonds is 8. The van der Waals surface area contributed by atoms with Gasteiger partial charge in [0.2, 0.25) is 5.91 Å². The van der Waals surface area contributed by atoms with E-state index in [2.05, 4.69) is 10.6 Å². The molecule has 0 aliphatic carbocycles. The normalized spacial score (nSPS) is 13.6. The van der Waals surface area contributed by atoms with Gasteiger partial charge in [0.15, 0.2) is 0 Å². The van der Waals surface area contributed by atoms with Crippen LogP contribution in [0.3, 0.4) is 0 Å². The van der Waals surface area contributed by atoms with Gasteiger partial charge in [-0.3, -0.25) is 19.6 Å². The summed E-state index contributed by atoms with van der Waals surface area (Å²) in [6, 6.07) is 11.1. The number of hydroxylamine groups is 1. The van der Waals surface area contributed by atoms with E-state index < -0.39 is 30.1 Å². The molecule has 0 aliphatic rings. The zero-order valence-corrected chi connectivity index (χ0v) is 15.9. The summed E-state index contributed by atoms with van der Waals surface area (Å²) < 4.78 is 0. The number of benzene rings is 2. The minimum atomic E-state index is -1.70. The van der Waals surface area contributed by atoms with Crippen LogP contribution in [0.25, 0.3) is 11.1 Å². The van der Waals surface area contributed by atoms with Crippen molar-refractivity contribution < 1.29 is 24.7 Å². The molecular weight excluding hydrogens is 392 g/mol. The van der Waals surface area contributed by atoms with Crippen molar-refractivity contribution in [2.75, 3.05) is 11.9 Å². The molecular formula is C19H24N6O5. The minimum Gasteiger partial charge on any atom is -0.376 e. The van der Waals surface area contributed by atoms with Gasteiger partial charge >= 0.3 is 0 Å². The van der Waals surface area contributed by atoms with E-state index in [9.17, 15) is 19.5 Å². The molecule has 3 atom stereocenters. The predicted molar refractivity (Wildman–Crippen MR) is 109 cm³/mol. The van der Waals surface area contributed by atoms with Gasteiger partial charge in [-0.1, -0.05) is 24.3 Å². The second kappa shape index (κ2) is 10.4. The molecule has 0 aliphatic heterocycles. The van der Waals surface area contributed by atoms with Crippen LogP contribution in [0.15, 0.2) is 48.5 Å². The second-order valence-corrected chi connectivity index (χ2v) is 6.40. The molecule has 0 bridgehead atoms. The fraction of sp³-hybridized carbons (Fsp3) is 0.211. The topological polar surface area (TPSA) is 206 Å². The number of carbonyl (C=O) groups is 3. The second-order valence-electron chi connectivity index (χ2n) is 6.40. The number of anilines is 1. The van der Waals surface area contributed by atoms with Gasteiger partial charge in [-0.25, -0.2) is 5.48 Å². The number of aliphatic hydroxyl groups is 1. The largest absolute Gasteiger partial charge is 0.376 e. The lowest BCUT2D eigenvalue weighted by Crippen LogP contribution is -2.55. The summed E-state index contributed by atoms with van der Waals surface area (Å²) in [7, 11) is 0. The lowest BCUT2D eigenvalue weighted by molar-refractivity contribution is -0.133. The Morgan fingerprint density at radius 2 is 1.43 bits per heavy atom. The quantitative estimate of drug-likeness (QED) is 0.143. The average Bonchev–Trinajstić information content (AvgIpc) is 2.76. The van der Waals surface area contributed by atoms with Gasteiger partial charge in [0.05, 0.1) is 6.04 Å². The molecule has 2 rings (SSSR count). The number of nitrogens with two attached hydrogens (primary N) is 3. The van der Waals surface area contributed by atoms with Gasteiger partial charge in [-0.05, 0) is 35.4 Å². The maximum absolute atomic E-state index is 12.3. The van der Waals surface area contributed by atoms with Crippen LogP contribution < -0.4 is 33.3 Å². The lowest BCUT2D eigenvalue weighted by atomic mass is 10.0. The summed E-state index contributed by atoms with van der Waals surface area (Å²) in [6.45, 7) is 0.0412. The first-order valence-electron chi connectivity index (χ1n) is 8.92. The van der Waals surface area contributed by atoms with Crippen LogP contribution in [0, 0.1) is 0 Å². The Hall–Kier alpha value is -3.35. The standard InChI is InChI=1S/C19H24N6O5/c20-9-14(21)18(28)23-13-7-5-11(6-8-13)10-1-3-12(4-2-10)17(27)24-15(16(22)26)19(29)25-30/h1-8,14-16,26,30H,9,20-22H2,(H,23,28)(H,24,27)(H,25,29)/t14-,15-,16-/m0/s1. The molecule has 0 radical (unpaired) electrons. The molecule has 11 heteroatoms. The summed E-state index contributed by atoms with van der Waals surface area (Å²) in [5.74, 6) is -2.08.